The lowest BCUT2D eigenvalue weighted by atomic mass is 10.00. The highest BCUT2D eigenvalue weighted by atomic mass is 79.9. The van der Waals surface area contributed by atoms with Crippen molar-refractivity contribution in [3.05, 3.63) is 32.8 Å². The van der Waals surface area contributed by atoms with Crippen LogP contribution >= 0.6 is 15.9 Å². The average Bonchev–Trinajstić information content (AvgIpc) is 2.18. The van der Waals surface area contributed by atoms with Crippen LogP contribution in [0.4, 0.5) is 11.4 Å². The first-order valence-electron chi connectivity index (χ1n) is 4.80. The zero-order chi connectivity index (χ0) is 11.8. The minimum absolute atomic E-state index is 0.0718. The Bertz CT molecular complexity index is 432. The summed E-state index contributed by atoms with van der Waals surface area (Å²) in [6, 6.07) is 4.97. The number of anilines is 1. The van der Waals surface area contributed by atoms with E-state index in [4.69, 9.17) is 4.74 Å². The summed E-state index contributed by atoms with van der Waals surface area (Å²) in [4.78, 5) is 10.5. The fourth-order valence-electron chi connectivity index (χ4n) is 1.57. The first-order valence-corrected chi connectivity index (χ1v) is 5.59. The van der Waals surface area contributed by atoms with Gasteiger partial charge in [-0.05, 0) is 19.1 Å². The van der Waals surface area contributed by atoms with Crippen molar-refractivity contribution in [3.8, 4) is 0 Å². The molecule has 0 amide bonds. The molecule has 0 atom stereocenters. The maximum absolute atomic E-state index is 10.9. The molecule has 1 aromatic rings. The summed E-state index contributed by atoms with van der Waals surface area (Å²) >= 11 is 3.22. The zero-order valence-corrected chi connectivity index (χ0v) is 10.3. The molecule has 1 heterocycles. The second kappa shape index (κ2) is 4.03. The quantitative estimate of drug-likeness (QED) is 0.685. The lowest BCUT2D eigenvalue weighted by molar-refractivity contribution is -0.384. The number of nitrogens with zero attached hydrogens (tertiary/aromatic N) is 1. The highest BCUT2D eigenvalue weighted by molar-refractivity contribution is 9.10. The van der Waals surface area contributed by atoms with Crippen LogP contribution in [-0.4, -0.2) is 23.7 Å². The molecule has 0 unspecified atom stereocenters. The number of nitro benzene ring substituents is 1. The molecular weight excluding hydrogens is 276 g/mol. The van der Waals surface area contributed by atoms with Gasteiger partial charge in [0.15, 0.2) is 0 Å². The van der Waals surface area contributed by atoms with Crippen molar-refractivity contribution in [2.75, 3.05) is 18.5 Å². The summed E-state index contributed by atoms with van der Waals surface area (Å²) < 4.78 is 5.79. The molecule has 0 bridgehead atoms. The maximum Gasteiger partial charge on any atom is 0.293 e. The molecule has 5 nitrogen and oxygen atoms in total. The van der Waals surface area contributed by atoms with Crippen LogP contribution in [0.3, 0.4) is 0 Å². The maximum atomic E-state index is 10.9. The normalized spacial score (nSPS) is 17.6. The summed E-state index contributed by atoms with van der Waals surface area (Å²) in [6.45, 7) is 3.11. The Balaban J connectivity index is 2.29. The van der Waals surface area contributed by atoms with E-state index in [1.807, 2.05) is 6.92 Å². The molecule has 1 aliphatic heterocycles. The molecule has 0 aromatic heterocycles. The third-order valence-corrected chi connectivity index (χ3v) is 2.93. The number of benzene rings is 1. The van der Waals surface area contributed by atoms with Gasteiger partial charge in [-0.25, -0.2) is 0 Å². The minimum atomic E-state index is -0.393. The van der Waals surface area contributed by atoms with E-state index in [2.05, 4.69) is 21.2 Å². The summed E-state index contributed by atoms with van der Waals surface area (Å²) in [5, 5.41) is 14.0. The Labute approximate surface area is 101 Å². The van der Waals surface area contributed by atoms with Crippen molar-refractivity contribution in [2.24, 2.45) is 0 Å². The van der Waals surface area contributed by atoms with Crippen molar-refractivity contribution in [2.45, 2.75) is 12.5 Å². The first kappa shape index (κ1) is 11.3. The van der Waals surface area contributed by atoms with E-state index in [0.717, 1.165) is 0 Å². The lowest BCUT2D eigenvalue weighted by Crippen LogP contribution is -2.53. The highest BCUT2D eigenvalue weighted by Gasteiger charge is 2.34. The van der Waals surface area contributed by atoms with Crippen LogP contribution < -0.4 is 5.32 Å². The number of ether oxygens (including phenoxy) is 1. The monoisotopic (exact) mass is 286 g/mol. The lowest BCUT2D eigenvalue weighted by Gasteiger charge is -2.39. The van der Waals surface area contributed by atoms with E-state index < -0.39 is 4.92 Å². The molecule has 86 valence electrons. The Hall–Kier alpha value is -1.14. The van der Waals surface area contributed by atoms with Gasteiger partial charge >= 0.3 is 0 Å². The van der Waals surface area contributed by atoms with Crippen LogP contribution in [0.25, 0.3) is 0 Å². The molecule has 1 N–H and O–H groups in total. The van der Waals surface area contributed by atoms with E-state index in [0.29, 0.717) is 23.4 Å². The molecule has 6 heteroatoms. The second-order valence-corrected chi connectivity index (χ2v) is 5.01. The summed E-state index contributed by atoms with van der Waals surface area (Å²) in [6.07, 6.45) is 0. The van der Waals surface area contributed by atoms with Crippen LogP contribution in [0.1, 0.15) is 6.92 Å². The van der Waals surface area contributed by atoms with E-state index in [1.165, 1.54) is 6.07 Å². The summed E-state index contributed by atoms with van der Waals surface area (Å²) in [5.74, 6) is 0. The van der Waals surface area contributed by atoms with Gasteiger partial charge in [0.1, 0.15) is 5.69 Å². The predicted molar refractivity (Wildman–Crippen MR) is 63.6 cm³/mol. The van der Waals surface area contributed by atoms with Gasteiger partial charge in [0.2, 0.25) is 0 Å². The molecule has 0 radical (unpaired) electrons. The first-order chi connectivity index (χ1) is 7.50. The highest BCUT2D eigenvalue weighted by Crippen LogP contribution is 2.32. The van der Waals surface area contributed by atoms with Crippen molar-refractivity contribution in [1.82, 2.24) is 0 Å². The number of hydrogen-bond acceptors (Lipinski definition) is 4. The number of rotatable bonds is 3. The van der Waals surface area contributed by atoms with Crippen LogP contribution in [0, 0.1) is 10.1 Å². The molecule has 1 aromatic carbocycles. The number of hydrogen-bond donors (Lipinski definition) is 1. The molecule has 1 saturated heterocycles. The molecule has 16 heavy (non-hydrogen) atoms. The van der Waals surface area contributed by atoms with Crippen LogP contribution in [-0.2, 0) is 4.74 Å². The Kier molecular flexibility index (Phi) is 2.86. The van der Waals surface area contributed by atoms with Crippen molar-refractivity contribution >= 4 is 27.3 Å². The van der Waals surface area contributed by atoms with E-state index in [1.54, 1.807) is 12.1 Å². The Morgan fingerprint density at radius 2 is 2.25 bits per heavy atom. The SMILES string of the molecule is CC1(Nc2ccc(Br)cc2[N+](=O)[O-])COC1. The van der Waals surface area contributed by atoms with Crippen LogP contribution in [0.2, 0.25) is 0 Å². The molecule has 0 spiro atoms. The Morgan fingerprint density at radius 1 is 1.56 bits per heavy atom. The largest absolute Gasteiger partial charge is 0.376 e. The molecule has 0 aliphatic carbocycles. The zero-order valence-electron chi connectivity index (χ0n) is 8.70. The predicted octanol–water partition coefficient (Wildman–Crippen LogP) is 2.56. The molecule has 1 aliphatic rings. The molecule has 0 saturated carbocycles. The average molecular weight is 287 g/mol. The third kappa shape index (κ3) is 2.17. The van der Waals surface area contributed by atoms with Crippen LogP contribution in [0.5, 0.6) is 0 Å². The van der Waals surface area contributed by atoms with Gasteiger partial charge in [-0.2, -0.15) is 0 Å². The number of halogens is 1. The van der Waals surface area contributed by atoms with Gasteiger partial charge in [-0.15, -0.1) is 0 Å². The van der Waals surface area contributed by atoms with Gasteiger partial charge < -0.3 is 10.1 Å². The van der Waals surface area contributed by atoms with Gasteiger partial charge in [0.25, 0.3) is 5.69 Å². The van der Waals surface area contributed by atoms with Crippen molar-refractivity contribution in [3.63, 3.8) is 0 Å². The van der Waals surface area contributed by atoms with E-state index in [-0.39, 0.29) is 11.2 Å². The summed E-state index contributed by atoms with van der Waals surface area (Å²) in [5.41, 5.74) is 0.403. The third-order valence-electron chi connectivity index (χ3n) is 2.43. The number of nitro groups is 1. The fourth-order valence-corrected chi connectivity index (χ4v) is 1.92. The molecule has 1 fully saturated rings. The van der Waals surface area contributed by atoms with Gasteiger partial charge in [0.05, 0.1) is 23.7 Å². The second-order valence-electron chi connectivity index (χ2n) is 4.10. The number of nitrogens with one attached hydrogen (secondary N) is 1. The van der Waals surface area contributed by atoms with E-state index in [9.17, 15) is 10.1 Å². The van der Waals surface area contributed by atoms with Gasteiger partial charge in [-0.1, -0.05) is 15.9 Å². The standard InChI is InChI=1S/C10H11BrN2O3/c1-10(5-16-6-10)12-8-3-2-7(11)4-9(8)13(14)15/h2-4,12H,5-6H2,1H3. The van der Waals surface area contributed by atoms with Crippen molar-refractivity contribution in [1.29, 1.82) is 0 Å². The van der Waals surface area contributed by atoms with Gasteiger partial charge in [0, 0.05) is 10.5 Å². The smallest absolute Gasteiger partial charge is 0.293 e. The Morgan fingerprint density at radius 3 is 2.75 bits per heavy atom. The molecule has 2 rings (SSSR count). The minimum Gasteiger partial charge on any atom is -0.376 e. The van der Waals surface area contributed by atoms with E-state index >= 15 is 0 Å². The topological polar surface area (TPSA) is 64.4 Å². The van der Waals surface area contributed by atoms with Crippen LogP contribution in [0.15, 0.2) is 22.7 Å². The fraction of sp³-hybridized carbons (Fsp3) is 0.400. The summed E-state index contributed by atoms with van der Waals surface area (Å²) in [7, 11) is 0. The van der Waals surface area contributed by atoms with Gasteiger partial charge in [-0.3, -0.25) is 10.1 Å². The molecular formula is C10H11BrN2O3. The van der Waals surface area contributed by atoms with Crippen molar-refractivity contribution < 1.29 is 9.66 Å².